The molecule has 0 radical (unpaired) electrons. The molecule has 0 unspecified atom stereocenters. The molecule has 0 spiro atoms. The normalized spacial score (nSPS) is 10.5. The van der Waals surface area contributed by atoms with Crippen LogP contribution in [0, 0.1) is 5.82 Å². The smallest absolute Gasteiger partial charge is 0.127 e. The highest BCUT2D eigenvalue weighted by atomic mass is 19.1. The minimum Gasteiger partial charge on any atom is -0.457 e. The Hall–Kier alpha value is -2.65. The maximum atomic E-state index is 13.1. The summed E-state index contributed by atoms with van der Waals surface area (Å²) in [6.07, 6.45) is 0.804. The molecule has 0 fully saturated rings. The van der Waals surface area contributed by atoms with Gasteiger partial charge in [-0.3, -0.25) is 0 Å². The Labute approximate surface area is 141 Å². The highest BCUT2D eigenvalue weighted by Gasteiger charge is 2.00. The van der Waals surface area contributed by atoms with Gasteiger partial charge in [0.05, 0.1) is 0 Å². The molecule has 0 heterocycles. The zero-order valence-corrected chi connectivity index (χ0v) is 13.4. The molecule has 0 aliphatic rings. The van der Waals surface area contributed by atoms with Gasteiger partial charge in [-0.2, -0.15) is 0 Å². The summed E-state index contributed by atoms with van der Waals surface area (Å²) in [7, 11) is 0. The van der Waals surface area contributed by atoms with E-state index in [9.17, 15) is 4.39 Å². The van der Waals surface area contributed by atoms with Crippen LogP contribution in [-0.4, -0.2) is 6.54 Å². The van der Waals surface area contributed by atoms with Gasteiger partial charge in [0.1, 0.15) is 17.3 Å². The molecule has 1 N–H and O–H groups in total. The number of rotatable bonds is 7. The monoisotopic (exact) mass is 321 g/mol. The van der Waals surface area contributed by atoms with Gasteiger partial charge < -0.3 is 10.1 Å². The zero-order chi connectivity index (χ0) is 16.6. The average Bonchev–Trinajstić information content (AvgIpc) is 2.60. The third-order valence-corrected chi connectivity index (χ3v) is 3.69. The molecule has 3 heteroatoms. The molecule has 0 saturated heterocycles. The number of nitrogens with one attached hydrogen (secondary N) is 1. The van der Waals surface area contributed by atoms with Crippen molar-refractivity contribution in [1.82, 2.24) is 5.32 Å². The minimum atomic E-state index is -0.182. The van der Waals surface area contributed by atoms with Crippen molar-refractivity contribution in [2.45, 2.75) is 13.0 Å². The van der Waals surface area contributed by atoms with Crippen LogP contribution in [0.3, 0.4) is 0 Å². The summed E-state index contributed by atoms with van der Waals surface area (Å²) >= 11 is 0. The van der Waals surface area contributed by atoms with Crippen LogP contribution < -0.4 is 10.1 Å². The molecule has 0 aromatic heterocycles. The Balaban J connectivity index is 1.49. The van der Waals surface area contributed by atoms with Crippen LogP contribution >= 0.6 is 0 Å². The van der Waals surface area contributed by atoms with E-state index in [1.807, 2.05) is 54.6 Å². The first-order chi connectivity index (χ1) is 11.8. The zero-order valence-electron chi connectivity index (χ0n) is 13.4. The second kappa shape index (κ2) is 8.27. The quantitative estimate of drug-likeness (QED) is 0.622. The van der Waals surface area contributed by atoms with E-state index >= 15 is 0 Å². The molecule has 0 amide bonds. The number of hydrogen-bond donors (Lipinski definition) is 1. The molecular weight excluding hydrogens is 301 g/mol. The van der Waals surface area contributed by atoms with Crippen molar-refractivity contribution < 1.29 is 9.13 Å². The van der Waals surface area contributed by atoms with Gasteiger partial charge in [-0.15, -0.1) is 0 Å². The number of ether oxygens (including phenoxy) is 1. The summed E-state index contributed by atoms with van der Waals surface area (Å²) in [5.74, 6) is 1.47. The molecule has 0 aliphatic heterocycles. The van der Waals surface area contributed by atoms with E-state index in [4.69, 9.17) is 4.74 Å². The van der Waals surface area contributed by atoms with Crippen LogP contribution in [0.15, 0.2) is 78.9 Å². The summed E-state index contributed by atoms with van der Waals surface area (Å²) in [4.78, 5) is 0. The molecule has 122 valence electrons. The van der Waals surface area contributed by atoms with Gasteiger partial charge in [-0.1, -0.05) is 42.5 Å². The summed E-state index contributed by atoms with van der Waals surface area (Å²) < 4.78 is 19.0. The van der Waals surface area contributed by atoms with E-state index in [1.54, 1.807) is 12.1 Å². The third-order valence-electron chi connectivity index (χ3n) is 3.69. The molecular formula is C21H20FNO. The number of hydrogen-bond acceptors (Lipinski definition) is 2. The van der Waals surface area contributed by atoms with E-state index in [2.05, 4.69) is 11.4 Å². The van der Waals surface area contributed by atoms with Gasteiger partial charge in [0.2, 0.25) is 0 Å². The first-order valence-corrected chi connectivity index (χ1v) is 8.06. The van der Waals surface area contributed by atoms with Crippen molar-refractivity contribution in [3.05, 3.63) is 95.8 Å². The predicted molar refractivity (Wildman–Crippen MR) is 94.8 cm³/mol. The summed E-state index contributed by atoms with van der Waals surface area (Å²) in [5.41, 5.74) is 2.16. The van der Waals surface area contributed by atoms with Crippen molar-refractivity contribution >= 4 is 0 Å². The second-order valence-corrected chi connectivity index (χ2v) is 5.62. The lowest BCUT2D eigenvalue weighted by Crippen LogP contribution is -2.16. The lowest BCUT2D eigenvalue weighted by molar-refractivity contribution is 0.481. The first kappa shape index (κ1) is 16.2. The summed E-state index contributed by atoms with van der Waals surface area (Å²) in [6, 6.07) is 24.5. The molecule has 0 atom stereocenters. The van der Waals surface area contributed by atoms with E-state index < -0.39 is 0 Å². The average molecular weight is 321 g/mol. The van der Waals surface area contributed by atoms with Crippen LogP contribution in [-0.2, 0) is 13.0 Å². The van der Waals surface area contributed by atoms with E-state index in [0.717, 1.165) is 42.1 Å². The number of para-hydroxylation sites is 1. The topological polar surface area (TPSA) is 21.3 Å². The molecule has 24 heavy (non-hydrogen) atoms. The fourth-order valence-electron chi connectivity index (χ4n) is 2.50. The van der Waals surface area contributed by atoms with Crippen molar-refractivity contribution in [1.29, 1.82) is 0 Å². The molecule has 0 bridgehead atoms. The second-order valence-electron chi connectivity index (χ2n) is 5.62. The fourth-order valence-corrected chi connectivity index (χ4v) is 2.50. The fraction of sp³-hybridized carbons (Fsp3) is 0.143. The molecule has 3 aromatic carbocycles. The lowest BCUT2D eigenvalue weighted by Gasteiger charge is -2.09. The van der Waals surface area contributed by atoms with Gasteiger partial charge in [-0.25, -0.2) is 4.39 Å². The van der Waals surface area contributed by atoms with Gasteiger partial charge in [-0.05, 0) is 60.5 Å². The van der Waals surface area contributed by atoms with Crippen molar-refractivity contribution in [2.75, 3.05) is 6.54 Å². The summed E-state index contributed by atoms with van der Waals surface area (Å²) in [5, 5.41) is 3.38. The summed E-state index contributed by atoms with van der Waals surface area (Å²) in [6.45, 7) is 1.55. The largest absolute Gasteiger partial charge is 0.457 e. The van der Waals surface area contributed by atoms with Crippen molar-refractivity contribution in [2.24, 2.45) is 0 Å². The SMILES string of the molecule is Fc1cccc(CCNCc2cccc(Oc3ccccc3)c2)c1. The lowest BCUT2D eigenvalue weighted by atomic mass is 10.1. The standard InChI is InChI=1S/C21H20FNO/c22-19-8-4-6-17(14-19)12-13-23-16-18-7-5-11-21(15-18)24-20-9-2-1-3-10-20/h1-11,14-15,23H,12-13,16H2. The Morgan fingerprint density at radius 1 is 0.750 bits per heavy atom. The molecule has 3 aromatic rings. The van der Waals surface area contributed by atoms with Crippen LogP contribution in [0.2, 0.25) is 0 Å². The maximum absolute atomic E-state index is 13.1. The van der Waals surface area contributed by atoms with Crippen LogP contribution in [0.5, 0.6) is 11.5 Å². The Kier molecular flexibility index (Phi) is 5.59. The molecule has 3 rings (SSSR count). The number of halogens is 1. The molecule has 2 nitrogen and oxygen atoms in total. The Morgan fingerprint density at radius 3 is 2.33 bits per heavy atom. The van der Waals surface area contributed by atoms with Crippen molar-refractivity contribution in [3.8, 4) is 11.5 Å². The van der Waals surface area contributed by atoms with Crippen LogP contribution in [0.25, 0.3) is 0 Å². The van der Waals surface area contributed by atoms with Crippen LogP contribution in [0.1, 0.15) is 11.1 Å². The minimum absolute atomic E-state index is 0.182. The predicted octanol–water partition coefficient (Wildman–Crippen LogP) is 4.95. The Morgan fingerprint density at radius 2 is 1.50 bits per heavy atom. The van der Waals surface area contributed by atoms with Gasteiger partial charge in [0, 0.05) is 6.54 Å². The maximum Gasteiger partial charge on any atom is 0.127 e. The van der Waals surface area contributed by atoms with E-state index in [1.165, 1.54) is 6.07 Å². The van der Waals surface area contributed by atoms with Gasteiger partial charge in [0.25, 0.3) is 0 Å². The highest BCUT2D eigenvalue weighted by molar-refractivity contribution is 5.33. The molecule has 0 aliphatic carbocycles. The third kappa shape index (κ3) is 4.93. The van der Waals surface area contributed by atoms with Gasteiger partial charge in [0.15, 0.2) is 0 Å². The first-order valence-electron chi connectivity index (χ1n) is 8.06. The number of benzene rings is 3. The van der Waals surface area contributed by atoms with E-state index in [-0.39, 0.29) is 5.82 Å². The molecule has 0 saturated carbocycles. The van der Waals surface area contributed by atoms with Crippen molar-refractivity contribution in [3.63, 3.8) is 0 Å². The van der Waals surface area contributed by atoms with Gasteiger partial charge >= 0.3 is 0 Å². The highest BCUT2D eigenvalue weighted by Crippen LogP contribution is 2.21. The Bertz CT molecular complexity index is 774. The van der Waals surface area contributed by atoms with Crippen LogP contribution in [0.4, 0.5) is 4.39 Å². The van der Waals surface area contributed by atoms with E-state index in [0.29, 0.717) is 0 Å².